The Morgan fingerprint density at radius 2 is 1.70 bits per heavy atom. The summed E-state index contributed by atoms with van der Waals surface area (Å²) in [6.45, 7) is 2.22. The Hall–Kier alpha value is -2.15. The molecular weight excluding hydrogens is 244 g/mol. The quantitative estimate of drug-likeness (QED) is 0.515. The van der Waals surface area contributed by atoms with Crippen LogP contribution in [0.25, 0.3) is 21.5 Å². The summed E-state index contributed by atoms with van der Waals surface area (Å²) in [6.07, 6.45) is 1.66. The molecule has 0 saturated heterocycles. The first-order valence-electron chi connectivity index (χ1n) is 7.23. The maximum atomic E-state index is 12.4. The van der Waals surface area contributed by atoms with Gasteiger partial charge in [0, 0.05) is 12.0 Å². The lowest BCUT2D eigenvalue weighted by Gasteiger charge is -2.23. The van der Waals surface area contributed by atoms with Crippen LogP contribution in [0.4, 0.5) is 0 Å². The molecule has 0 aromatic heterocycles. The number of hydrogen-bond donors (Lipinski definition) is 0. The van der Waals surface area contributed by atoms with E-state index in [-0.39, 0.29) is 0 Å². The monoisotopic (exact) mass is 260 g/mol. The molecular formula is C19H16O. The summed E-state index contributed by atoms with van der Waals surface area (Å²) in [4.78, 5) is 12.4. The maximum absolute atomic E-state index is 12.4. The molecule has 1 unspecified atom stereocenters. The van der Waals surface area contributed by atoms with E-state index in [4.69, 9.17) is 0 Å². The van der Waals surface area contributed by atoms with E-state index in [2.05, 4.69) is 55.5 Å². The Labute approximate surface area is 118 Å². The van der Waals surface area contributed by atoms with Crippen molar-refractivity contribution in [3.63, 3.8) is 0 Å². The van der Waals surface area contributed by atoms with E-state index < -0.39 is 0 Å². The maximum Gasteiger partial charge on any atom is 0.163 e. The van der Waals surface area contributed by atoms with Crippen molar-refractivity contribution in [2.75, 3.05) is 0 Å². The molecule has 0 aliphatic heterocycles. The van der Waals surface area contributed by atoms with Gasteiger partial charge in [-0.25, -0.2) is 0 Å². The summed E-state index contributed by atoms with van der Waals surface area (Å²) in [5.41, 5.74) is 2.19. The predicted octanol–water partition coefficient (Wildman–Crippen LogP) is 5.07. The zero-order chi connectivity index (χ0) is 13.7. The lowest BCUT2D eigenvalue weighted by molar-refractivity contribution is 0.0970. The molecule has 20 heavy (non-hydrogen) atoms. The molecule has 1 nitrogen and oxygen atoms in total. The number of carbonyl (C=O) groups excluding carboxylic acids is 1. The minimum absolute atomic E-state index is 0.305. The molecule has 1 atom stereocenters. The van der Waals surface area contributed by atoms with Crippen LogP contribution in [0.5, 0.6) is 0 Å². The Kier molecular flexibility index (Phi) is 2.43. The second-order valence-corrected chi connectivity index (χ2v) is 5.77. The van der Waals surface area contributed by atoms with Gasteiger partial charge in [0.05, 0.1) is 0 Å². The standard InChI is InChI=1S/C19H16O/c1-12-6-11-18(20)19-14(12)9-10-16-15-5-3-2-4-13(15)7-8-17(16)19/h2-5,7-10,12H,6,11H2,1H3. The zero-order valence-corrected chi connectivity index (χ0v) is 11.5. The van der Waals surface area contributed by atoms with E-state index in [1.807, 2.05) is 0 Å². The van der Waals surface area contributed by atoms with Crippen LogP contribution >= 0.6 is 0 Å². The first kappa shape index (κ1) is 11.7. The number of rotatable bonds is 0. The number of carbonyl (C=O) groups is 1. The number of hydrogen-bond acceptors (Lipinski definition) is 1. The summed E-state index contributed by atoms with van der Waals surface area (Å²) >= 11 is 0. The number of ketones is 1. The van der Waals surface area contributed by atoms with Crippen molar-refractivity contribution in [3.05, 3.63) is 59.7 Å². The molecule has 0 radical (unpaired) electrons. The van der Waals surface area contributed by atoms with Crippen molar-refractivity contribution in [1.29, 1.82) is 0 Å². The second-order valence-electron chi connectivity index (χ2n) is 5.77. The van der Waals surface area contributed by atoms with Gasteiger partial charge in [0.25, 0.3) is 0 Å². The van der Waals surface area contributed by atoms with Crippen LogP contribution in [-0.2, 0) is 0 Å². The summed E-state index contributed by atoms with van der Waals surface area (Å²) in [6, 6.07) is 17.0. The van der Waals surface area contributed by atoms with Crippen molar-refractivity contribution < 1.29 is 4.79 Å². The third-order valence-corrected chi connectivity index (χ3v) is 4.57. The van der Waals surface area contributed by atoms with Crippen LogP contribution < -0.4 is 0 Å². The van der Waals surface area contributed by atoms with Crippen LogP contribution in [0.15, 0.2) is 48.5 Å². The average molecular weight is 260 g/mol. The van der Waals surface area contributed by atoms with Gasteiger partial charge in [-0.05, 0) is 39.4 Å². The van der Waals surface area contributed by atoms with Gasteiger partial charge in [0.1, 0.15) is 0 Å². The van der Waals surface area contributed by atoms with E-state index in [1.165, 1.54) is 21.7 Å². The minimum Gasteiger partial charge on any atom is -0.294 e. The lowest BCUT2D eigenvalue weighted by atomic mass is 9.80. The van der Waals surface area contributed by atoms with Crippen molar-refractivity contribution in [2.24, 2.45) is 0 Å². The molecule has 0 heterocycles. The highest BCUT2D eigenvalue weighted by atomic mass is 16.1. The van der Waals surface area contributed by atoms with E-state index in [1.54, 1.807) is 0 Å². The normalized spacial score (nSPS) is 18.4. The summed E-state index contributed by atoms with van der Waals surface area (Å²) in [5, 5.41) is 4.79. The highest BCUT2D eigenvalue weighted by Gasteiger charge is 2.24. The fraction of sp³-hybridized carbons (Fsp3) is 0.211. The van der Waals surface area contributed by atoms with Gasteiger partial charge in [0.15, 0.2) is 5.78 Å². The van der Waals surface area contributed by atoms with Crippen molar-refractivity contribution >= 4 is 27.3 Å². The molecule has 0 spiro atoms. The van der Waals surface area contributed by atoms with Crippen molar-refractivity contribution in [3.8, 4) is 0 Å². The number of Topliss-reactive ketones (excluding diaryl/α,β-unsaturated/α-hetero) is 1. The third-order valence-electron chi connectivity index (χ3n) is 4.57. The van der Waals surface area contributed by atoms with Crippen LogP contribution in [0.3, 0.4) is 0 Å². The van der Waals surface area contributed by atoms with Crippen LogP contribution in [0.2, 0.25) is 0 Å². The van der Waals surface area contributed by atoms with Crippen LogP contribution in [0.1, 0.15) is 41.6 Å². The fourth-order valence-electron chi connectivity index (χ4n) is 3.46. The van der Waals surface area contributed by atoms with Crippen LogP contribution in [0, 0.1) is 0 Å². The van der Waals surface area contributed by atoms with E-state index >= 15 is 0 Å². The summed E-state index contributed by atoms with van der Waals surface area (Å²) in [5.74, 6) is 0.789. The van der Waals surface area contributed by atoms with Crippen molar-refractivity contribution in [1.82, 2.24) is 0 Å². The molecule has 4 rings (SSSR count). The molecule has 1 heteroatoms. The average Bonchev–Trinajstić information content (AvgIpc) is 2.50. The van der Waals surface area contributed by atoms with Gasteiger partial charge in [-0.3, -0.25) is 4.79 Å². The highest BCUT2D eigenvalue weighted by Crippen LogP contribution is 2.37. The second kappa shape index (κ2) is 4.17. The Morgan fingerprint density at radius 3 is 2.60 bits per heavy atom. The molecule has 0 fully saturated rings. The summed E-state index contributed by atoms with van der Waals surface area (Å²) < 4.78 is 0. The first-order valence-corrected chi connectivity index (χ1v) is 7.23. The van der Waals surface area contributed by atoms with Gasteiger partial charge in [-0.2, -0.15) is 0 Å². The predicted molar refractivity (Wildman–Crippen MR) is 83.4 cm³/mol. The lowest BCUT2D eigenvalue weighted by Crippen LogP contribution is -2.14. The molecule has 0 amide bonds. The SMILES string of the molecule is CC1CCC(=O)c2c1ccc1c2ccc2ccccc21. The largest absolute Gasteiger partial charge is 0.294 e. The Bertz CT molecular complexity index is 845. The van der Waals surface area contributed by atoms with Gasteiger partial charge in [-0.15, -0.1) is 0 Å². The number of fused-ring (bicyclic) bond motifs is 5. The minimum atomic E-state index is 0.305. The smallest absolute Gasteiger partial charge is 0.163 e. The molecule has 1 aliphatic rings. The molecule has 0 bridgehead atoms. The Morgan fingerprint density at radius 1 is 0.900 bits per heavy atom. The highest BCUT2D eigenvalue weighted by molar-refractivity contribution is 6.16. The van der Waals surface area contributed by atoms with Gasteiger partial charge >= 0.3 is 0 Å². The van der Waals surface area contributed by atoms with E-state index in [0.29, 0.717) is 18.1 Å². The van der Waals surface area contributed by atoms with Gasteiger partial charge in [-0.1, -0.05) is 55.5 Å². The topological polar surface area (TPSA) is 17.1 Å². The van der Waals surface area contributed by atoms with Gasteiger partial charge in [0.2, 0.25) is 0 Å². The van der Waals surface area contributed by atoms with E-state index in [0.717, 1.165) is 17.4 Å². The van der Waals surface area contributed by atoms with E-state index in [9.17, 15) is 4.79 Å². The number of benzene rings is 3. The van der Waals surface area contributed by atoms with Crippen LogP contribution in [-0.4, -0.2) is 5.78 Å². The molecule has 1 aliphatic carbocycles. The van der Waals surface area contributed by atoms with Gasteiger partial charge < -0.3 is 0 Å². The molecule has 0 N–H and O–H groups in total. The third kappa shape index (κ3) is 1.53. The first-order chi connectivity index (χ1) is 9.75. The molecule has 3 aromatic rings. The molecule has 0 saturated carbocycles. The zero-order valence-electron chi connectivity index (χ0n) is 11.5. The van der Waals surface area contributed by atoms with Crippen molar-refractivity contribution in [2.45, 2.75) is 25.7 Å². The molecule has 98 valence electrons. The Balaban J connectivity index is 2.17. The molecule has 3 aromatic carbocycles. The fourth-order valence-corrected chi connectivity index (χ4v) is 3.46. The summed E-state index contributed by atoms with van der Waals surface area (Å²) in [7, 11) is 0.